The first-order valence-electron chi connectivity index (χ1n) is 6.32. The number of anilines is 1. The molecule has 0 spiro atoms. The normalized spacial score (nSPS) is 24.2. The average Bonchev–Trinajstić information content (AvgIpc) is 2.87. The van der Waals surface area contributed by atoms with E-state index in [1.54, 1.807) is 11.6 Å². The van der Waals surface area contributed by atoms with Crippen molar-refractivity contribution in [1.29, 1.82) is 0 Å². The molecule has 0 bridgehead atoms. The molecule has 110 valence electrons. The lowest BCUT2D eigenvalue weighted by Gasteiger charge is -2.27. The minimum Gasteiger partial charge on any atom is -0.381 e. The zero-order valence-electron chi connectivity index (χ0n) is 10.9. The minimum absolute atomic E-state index is 0.0212. The fourth-order valence-electron chi connectivity index (χ4n) is 2.43. The number of nitrogen functional groups attached to an aromatic ring is 1. The van der Waals surface area contributed by atoms with Crippen LogP contribution < -0.4 is 10.5 Å². The Hall–Kier alpha value is -1.16. The number of sulfonamides is 1. The molecule has 0 aliphatic carbocycles. The lowest BCUT2D eigenvalue weighted by Crippen LogP contribution is -2.41. The predicted octanol–water partition coefficient (Wildman–Crippen LogP) is 0.824. The summed E-state index contributed by atoms with van der Waals surface area (Å²) < 4.78 is 34.7. The highest BCUT2D eigenvalue weighted by Crippen LogP contribution is 2.24. The Morgan fingerprint density at radius 2 is 2.40 bits per heavy atom. The van der Waals surface area contributed by atoms with Crippen molar-refractivity contribution in [1.82, 2.24) is 14.1 Å². The van der Waals surface area contributed by atoms with E-state index in [0.717, 1.165) is 0 Å². The SMILES string of the molecule is CC1CC(NS(=O)(=O)c2c(N)nc3sccn23)CCO1. The summed E-state index contributed by atoms with van der Waals surface area (Å²) in [5.74, 6) is 0.0319. The Kier molecular flexibility index (Phi) is 3.44. The highest BCUT2D eigenvalue weighted by atomic mass is 32.2. The van der Waals surface area contributed by atoms with Gasteiger partial charge in [-0.15, -0.1) is 11.3 Å². The van der Waals surface area contributed by atoms with Crippen LogP contribution in [-0.2, 0) is 14.8 Å². The maximum absolute atomic E-state index is 12.5. The highest BCUT2D eigenvalue weighted by molar-refractivity contribution is 7.89. The Morgan fingerprint density at radius 1 is 1.60 bits per heavy atom. The Balaban J connectivity index is 1.91. The van der Waals surface area contributed by atoms with Crippen molar-refractivity contribution < 1.29 is 13.2 Å². The predicted molar refractivity (Wildman–Crippen MR) is 76.2 cm³/mol. The van der Waals surface area contributed by atoms with Crippen LogP contribution in [0.3, 0.4) is 0 Å². The van der Waals surface area contributed by atoms with Crippen LogP contribution in [0, 0.1) is 0 Å². The van der Waals surface area contributed by atoms with Gasteiger partial charge < -0.3 is 10.5 Å². The van der Waals surface area contributed by atoms with E-state index in [-0.39, 0.29) is 23.0 Å². The van der Waals surface area contributed by atoms with E-state index in [0.29, 0.717) is 24.4 Å². The number of nitrogens with zero attached hydrogens (tertiary/aromatic N) is 2. The number of nitrogens with two attached hydrogens (primary N) is 1. The van der Waals surface area contributed by atoms with Gasteiger partial charge in [0.05, 0.1) is 6.10 Å². The average molecular weight is 316 g/mol. The van der Waals surface area contributed by atoms with Crippen molar-refractivity contribution in [3.8, 4) is 0 Å². The molecule has 0 aromatic carbocycles. The number of hydrogen-bond donors (Lipinski definition) is 2. The molecule has 1 aliphatic heterocycles. The first-order valence-corrected chi connectivity index (χ1v) is 8.68. The van der Waals surface area contributed by atoms with E-state index in [1.807, 2.05) is 6.92 Å². The van der Waals surface area contributed by atoms with Gasteiger partial charge in [0, 0.05) is 24.2 Å². The summed E-state index contributed by atoms with van der Waals surface area (Å²) in [5.41, 5.74) is 5.75. The van der Waals surface area contributed by atoms with E-state index >= 15 is 0 Å². The van der Waals surface area contributed by atoms with E-state index < -0.39 is 10.0 Å². The second-order valence-corrected chi connectivity index (χ2v) is 7.38. The van der Waals surface area contributed by atoms with Gasteiger partial charge in [0.1, 0.15) is 0 Å². The third kappa shape index (κ3) is 2.41. The number of hydrogen-bond acceptors (Lipinski definition) is 6. The molecule has 9 heteroatoms. The summed E-state index contributed by atoms with van der Waals surface area (Å²) in [6, 6.07) is -0.132. The van der Waals surface area contributed by atoms with E-state index in [2.05, 4.69) is 9.71 Å². The van der Waals surface area contributed by atoms with Crippen molar-refractivity contribution in [3.05, 3.63) is 11.6 Å². The van der Waals surface area contributed by atoms with Gasteiger partial charge >= 0.3 is 0 Å². The van der Waals surface area contributed by atoms with Gasteiger partial charge in [0.2, 0.25) is 0 Å². The van der Waals surface area contributed by atoms with Crippen molar-refractivity contribution in [2.24, 2.45) is 0 Å². The molecular weight excluding hydrogens is 300 g/mol. The summed E-state index contributed by atoms with van der Waals surface area (Å²) in [4.78, 5) is 4.64. The molecule has 0 radical (unpaired) electrons. The number of ether oxygens (including phenoxy) is 1. The van der Waals surface area contributed by atoms with E-state index in [1.165, 1.54) is 15.7 Å². The first kappa shape index (κ1) is 13.8. The van der Waals surface area contributed by atoms with Gasteiger partial charge in [0.15, 0.2) is 15.8 Å². The lowest BCUT2D eigenvalue weighted by atomic mass is 10.1. The number of aromatic nitrogens is 2. The van der Waals surface area contributed by atoms with Gasteiger partial charge in [-0.1, -0.05) is 0 Å². The topological polar surface area (TPSA) is 98.7 Å². The molecular formula is C11H16N4O3S2. The Bertz CT molecular complexity index is 721. The Morgan fingerprint density at radius 3 is 3.15 bits per heavy atom. The van der Waals surface area contributed by atoms with Crippen molar-refractivity contribution in [2.45, 2.75) is 36.9 Å². The number of fused-ring (bicyclic) bond motifs is 1. The number of thiazole rings is 1. The van der Waals surface area contributed by atoms with Gasteiger partial charge in [0.25, 0.3) is 10.0 Å². The van der Waals surface area contributed by atoms with Crippen LogP contribution >= 0.6 is 11.3 Å². The smallest absolute Gasteiger partial charge is 0.260 e. The van der Waals surface area contributed by atoms with Gasteiger partial charge in [-0.25, -0.2) is 18.1 Å². The molecule has 0 saturated carbocycles. The van der Waals surface area contributed by atoms with Crippen LogP contribution in [-0.4, -0.2) is 36.6 Å². The zero-order valence-corrected chi connectivity index (χ0v) is 12.6. The fourth-order valence-corrected chi connectivity index (χ4v) is 4.70. The number of nitrogens with one attached hydrogen (secondary N) is 1. The third-order valence-corrected chi connectivity index (χ3v) is 5.62. The second kappa shape index (κ2) is 4.99. The first-order chi connectivity index (χ1) is 9.47. The molecule has 2 aromatic heterocycles. The third-order valence-electron chi connectivity index (χ3n) is 3.30. The quantitative estimate of drug-likeness (QED) is 0.873. The molecule has 1 fully saturated rings. The molecule has 3 heterocycles. The molecule has 3 rings (SSSR count). The summed E-state index contributed by atoms with van der Waals surface area (Å²) in [6.45, 7) is 2.49. The van der Waals surface area contributed by atoms with Gasteiger partial charge in [-0.05, 0) is 19.8 Å². The molecule has 7 nitrogen and oxygen atoms in total. The molecule has 2 aromatic rings. The molecule has 2 atom stereocenters. The number of imidazole rings is 1. The second-order valence-electron chi connectivity index (χ2n) is 4.88. The molecule has 1 saturated heterocycles. The standard InChI is InChI=1S/C11H16N4O3S2/c1-7-6-8(2-4-18-7)14-20(16,17)10-9(12)13-11-15(10)3-5-19-11/h3,5,7-8,14H,2,4,6,12H2,1H3. The summed E-state index contributed by atoms with van der Waals surface area (Å²) in [7, 11) is -3.69. The van der Waals surface area contributed by atoms with E-state index in [9.17, 15) is 8.42 Å². The Labute approximate surface area is 120 Å². The number of rotatable bonds is 3. The van der Waals surface area contributed by atoms with Crippen LogP contribution in [0.4, 0.5) is 5.82 Å². The van der Waals surface area contributed by atoms with Crippen molar-refractivity contribution >= 4 is 32.1 Å². The van der Waals surface area contributed by atoms with Gasteiger partial charge in [-0.3, -0.25) is 4.40 Å². The van der Waals surface area contributed by atoms with Gasteiger partial charge in [-0.2, -0.15) is 0 Å². The maximum atomic E-state index is 12.5. The minimum atomic E-state index is -3.69. The fraction of sp³-hybridized carbons (Fsp3) is 0.545. The zero-order chi connectivity index (χ0) is 14.3. The van der Waals surface area contributed by atoms with Crippen LogP contribution in [0.15, 0.2) is 16.6 Å². The summed E-state index contributed by atoms with van der Waals surface area (Å²) in [5, 5.41) is 1.80. The molecule has 1 aliphatic rings. The van der Waals surface area contributed by atoms with E-state index in [4.69, 9.17) is 10.5 Å². The van der Waals surface area contributed by atoms with Crippen LogP contribution in [0.5, 0.6) is 0 Å². The molecule has 3 N–H and O–H groups in total. The van der Waals surface area contributed by atoms with Crippen molar-refractivity contribution in [2.75, 3.05) is 12.3 Å². The summed E-state index contributed by atoms with van der Waals surface area (Å²) >= 11 is 1.34. The lowest BCUT2D eigenvalue weighted by molar-refractivity contribution is 0.0173. The molecule has 20 heavy (non-hydrogen) atoms. The largest absolute Gasteiger partial charge is 0.381 e. The maximum Gasteiger partial charge on any atom is 0.260 e. The van der Waals surface area contributed by atoms with Crippen LogP contribution in [0.1, 0.15) is 19.8 Å². The monoisotopic (exact) mass is 316 g/mol. The summed E-state index contributed by atoms with van der Waals surface area (Å²) in [6.07, 6.45) is 3.03. The van der Waals surface area contributed by atoms with Crippen molar-refractivity contribution in [3.63, 3.8) is 0 Å². The highest BCUT2D eigenvalue weighted by Gasteiger charge is 2.29. The van der Waals surface area contributed by atoms with Crippen LogP contribution in [0.2, 0.25) is 0 Å². The molecule has 0 amide bonds. The van der Waals surface area contributed by atoms with Crippen LogP contribution in [0.25, 0.3) is 4.96 Å². The molecule has 2 unspecified atom stereocenters.